The van der Waals surface area contributed by atoms with Crippen molar-refractivity contribution in [1.29, 1.82) is 0 Å². The number of alkyl halides is 1. The summed E-state index contributed by atoms with van der Waals surface area (Å²) in [5.74, 6) is -2.39. The molecule has 0 bridgehead atoms. The van der Waals surface area contributed by atoms with Gasteiger partial charge in [0.1, 0.15) is 5.83 Å². The van der Waals surface area contributed by atoms with Crippen molar-refractivity contribution < 1.29 is 23.2 Å². The van der Waals surface area contributed by atoms with Crippen LogP contribution in [0.4, 0.5) is 8.78 Å². The molecule has 0 amide bonds. The Morgan fingerprint density at radius 1 is 1.75 bits per heavy atom. The first-order chi connectivity index (χ1) is 7.32. The number of methoxy groups -OCH3 is 1. The third-order valence-electron chi connectivity index (χ3n) is 2.09. The maximum Gasteiger partial charge on any atom is 0.340 e. The molecule has 0 saturated heterocycles. The van der Waals surface area contributed by atoms with Crippen LogP contribution in [0.3, 0.4) is 0 Å². The van der Waals surface area contributed by atoms with Crippen LogP contribution in [0.15, 0.2) is 23.6 Å². The van der Waals surface area contributed by atoms with Crippen LogP contribution in [0.25, 0.3) is 0 Å². The molecule has 0 heterocycles. The quantitative estimate of drug-likeness (QED) is 0.319. The van der Waals surface area contributed by atoms with Crippen molar-refractivity contribution in [3.8, 4) is 0 Å². The first-order valence-electron chi connectivity index (χ1n) is 4.09. The van der Waals surface area contributed by atoms with E-state index < -0.39 is 34.1 Å². The van der Waals surface area contributed by atoms with E-state index in [-0.39, 0.29) is 6.08 Å². The lowest BCUT2D eigenvalue weighted by molar-refractivity contribution is -0.561. The normalized spacial score (nSPS) is 29.1. The van der Waals surface area contributed by atoms with Gasteiger partial charge in [0.2, 0.25) is 6.17 Å². The number of rotatable bonds is 2. The van der Waals surface area contributed by atoms with Gasteiger partial charge in [0, 0.05) is 6.08 Å². The number of esters is 1. The van der Waals surface area contributed by atoms with Crippen LogP contribution >= 0.6 is 0 Å². The fourth-order valence-corrected chi connectivity index (χ4v) is 1.15. The topological polar surface area (TPSA) is 95.5 Å². The van der Waals surface area contributed by atoms with Crippen molar-refractivity contribution in [2.75, 3.05) is 7.11 Å². The van der Waals surface area contributed by atoms with E-state index in [4.69, 9.17) is 5.73 Å². The van der Waals surface area contributed by atoms with Crippen LogP contribution in [0.5, 0.6) is 0 Å². The lowest BCUT2D eigenvalue weighted by atomic mass is 9.95. The standard InChI is InChI=1S/C8H8F2N2O4/c1-16-7(13)4-3-8(11,12(14)15)6(10)2-5(4)9/h2-3,6H,11H2,1H3. The molecule has 16 heavy (non-hydrogen) atoms. The van der Waals surface area contributed by atoms with Crippen molar-refractivity contribution in [2.45, 2.75) is 11.8 Å². The van der Waals surface area contributed by atoms with Crippen LogP contribution in [-0.2, 0) is 9.53 Å². The van der Waals surface area contributed by atoms with Gasteiger partial charge in [0.15, 0.2) is 0 Å². The summed E-state index contributed by atoms with van der Waals surface area (Å²) in [6.45, 7) is 0. The average Bonchev–Trinajstić information content (AvgIpc) is 2.22. The van der Waals surface area contributed by atoms with Crippen molar-refractivity contribution >= 4 is 5.97 Å². The number of nitrogens with two attached hydrogens (primary N) is 1. The molecule has 0 aromatic heterocycles. The number of hydrogen-bond acceptors (Lipinski definition) is 5. The molecule has 2 atom stereocenters. The van der Waals surface area contributed by atoms with Crippen LogP contribution in [-0.4, -0.2) is 29.8 Å². The summed E-state index contributed by atoms with van der Waals surface area (Å²) in [5, 5.41) is 10.5. The monoisotopic (exact) mass is 234 g/mol. The van der Waals surface area contributed by atoms with Gasteiger partial charge in [0.05, 0.1) is 17.6 Å². The minimum absolute atomic E-state index is 0.273. The zero-order valence-electron chi connectivity index (χ0n) is 8.15. The van der Waals surface area contributed by atoms with Gasteiger partial charge in [-0.2, -0.15) is 0 Å². The Morgan fingerprint density at radius 2 is 2.31 bits per heavy atom. The highest BCUT2D eigenvalue weighted by Gasteiger charge is 2.49. The maximum absolute atomic E-state index is 13.2. The van der Waals surface area contributed by atoms with Gasteiger partial charge in [0.25, 0.3) is 0 Å². The molecule has 0 saturated carbocycles. The third-order valence-corrected chi connectivity index (χ3v) is 2.09. The Kier molecular flexibility index (Phi) is 3.04. The van der Waals surface area contributed by atoms with Crippen molar-refractivity contribution in [1.82, 2.24) is 0 Å². The third kappa shape index (κ3) is 1.78. The number of hydrogen-bond donors (Lipinski definition) is 1. The molecule has 0 fully saturated rings. The van der Waals surface area contributed by atoms with Gasteiger partial charge in [-0.15, -0.1) is 0 Å². The minimum atomic E-state index is -2.65. The van der Waals surface area contributed by atoms with E-state index in [9.17, 15) is 23.7 Å². The SMILES string of the molecule is COC(=O)C1=CC(N)([N+](=O)[O-])C(F)C=C1F. The Bertz CT molecular complexity index is 407. The predicted molar refractivity (Wildman–Crippen MR) is 48.1 cm³/mol. The van der Waals surface area contributed by atoms with Crippen molar-refractivity contribution in [3.05, 3.63) is 33.7 Å². The molecule has 1 aliphatic carbocycles. The Hall–Kier alpha value is -1.83. The van der Waals surface area contributed by atoms with E-state index in [0.717, 1.165) is 7.11 Å². The molecule has 0 aromatic rings. The molecular formula is C8H8F2N2O4. The molecule has 1 aliphatic rings. The van der Waals surface area contributed by atoms with Gasteiger partial charge >= 0.3 is 11.6 Å². The number of ether oxygens (including phenoxy) is 1. The zero-order chi connectivity index (χ0) is 12.5. The molecule has 2 N–H and O–H groups in total. The largest absolute Gasteiger partial charge is 0.465 e. The summed E-state index contributed by atoms with van der Waals surface area (Å²) in [5.41, 5.74) is 1.71. The van der Waals surface area contributed by atoms with Crippen LogP contribution in [0.1, 0.15) is 0 Å². The van der Waals surface area contributed by atoms with Crippen molar-refractivity contribution in [2.24, 2.45) is 5.73 Å². The molecule has 0 aromatic carbocycles. The number of halogens is 2. The lowest BCUT2D eigenvalue weighted by Gasteiger charge is -2.23. The van der Waals surface area contributed by atoms with E-state index in [2.05, 4.69) is 4.74 Å². The molecule has 2 unspecified atom stereocenters. The molecule has 0 radical (unpaired) electrons. The van der Waals surface area contributed by atoms with Gasteiger partial charge in [-0.05, 0) is 6.08 Å². The van der Waals surface area contributed by atoms with Gasteiger partial charge in [-0.3, -0.25) is 15.8 Å². The number of carbonyl (C=O) groups is 1. The highest BCUT2D eigenvalue weighted by Crippen LogP contribution is 2.29. The van der Waals surface area contributed by atoms with Crippen LogP contribution in [0, 0.1) is 10.1 Å². The summed E-state index contributed by atoms with van der Waals surface area (Å²) in [7, 11) is 0.961. The second-order valence-electron chi connectivity index (χ2n) is 3.11. The number of nitro groups is 1. The fourth-order valence-electron chi connectivity index (χ4n) is 1.15. The molecule has 0 aliphatic heterocycles. The van der Waals surface area contributed by atoms with E-state index in [1.165, 1.54) is 0 Å². The fraction of sp³-hybridized carbons (Fsp3) is 0.375. The summed E-state index contributed by atoms with van der Waals surface area (Å²) < 4.78 is 30.5. The summed E-state index contributed by atoms with van der Waals surface area (Å²) in [6, 6.07) is 0. The molecule has 1 rings (SSSR count). The molecule has 6 nitrogen and oxygen atoms in total. The Balaban J connectivity index is 3.23. The second kappa shape index (κ2) is 3.97. The highest BCUT2D eigenvalue weighted by molar-refractivity contribution is 5.93. The predicted octanol–water partition coefficient (Wildman–Crippen LogP) is 0.223. The molecule has 88 valence electrons. The van der Waals surface area contributed by atoms with Crippen LogP contribution < -0.4 is 5.73 Å². The number of nitrogens with zero attached hydrogens (tertiary/aromatic N) is 1. The average molecular weight is 234 g/mol. The second-order valence-corrected chi connectivity index (χ2v) is 3.11. The molecule has 8 heteroatoms. The summed E-state index contributed by atoms with van der Waals surface area (Å²) in [4.78, 5) is 20.4. The van der Waals surface area contributed by atoms with E-state index in [1.54, 1.807) is 0 Å². The van der Waals surface area contributed by atoms with E-state index >= 15 is 0 Å². The van der Waals surface area contributed by atoms with Gasteiger partial charge in [-0.1, -0.05) is 0 Å². The maximum atomic E-state index is 13.2. The van der Waals surface area contributed by atoms with E-state index in [0.29, 0.717) is 6.08 Å². The zero-order valence-corrected chi connectivity index (χ0v) is 8.15. The minimum Gasteiger partial charge on any atom is -0.465 e. The van der Waals surface area contributed by atoms with E-state index in [1.807, 2.05) is 0 Å². The van der Waals surface area contributed by atoms with Gasteiger partial charge < -0.3 is 4.74 Å². The lowest BCUT2D eigenvalue weighted by Crippen LogP contribution is -2.55. The van der Waals surface area contributed by atoms with Crippen molar-refractivity contribution in [3.63, 3.8) is 0 Å². The number of carbonyl (C=O) groups excluding carboxylic acids is 1. The highest BCUT2D eigenvalue weighted by atomic mass is 19.1. The van der Waals surface area contributed by atoms with Crippen LogP contribution in [0.2, 0.25) is 0 Å². The van der Waals surface area contributed by atoms with Gasteiger partial charge in [-0.25, -0.2) is 13.6 Å². The molecule has 0 spiro atoms. The Labute approximate surface area is 88.5 Å². The smallest absolute Gasteiger partial charge is 0.340 e. The molecular weight excluding hydrogens is 226 g/mol. The first kappa shape index (κ1) is 12.2. The Morgan fingerprint density at radius 3 is 2.75 bits per heavy atom. The summed E-state index contributed by atoms with van der Waals surface area (Å²) >= 11 is 0. The summed E-state index contributed by atoms with van der Waals surface area (Å²) in [6.07, 6.45) is -1.66. The first-order valence-corrected chi connectivity index (χ1v) is 4.09.